The number of hydrogen-bond acceptors (Lipinski definition) is 5. The monoisotopic (exact) mass is 382 g/mol. The maximum atomic E-state index is 4.80. The van der Waals surface area contributed by atoms with Gasteiger partial charge in [-0.3, -0.25) is 9.58 Å². The van der Waals surface area contributed by atoms with Crippen molar-refractivity contribution in [3.8, 4) is 0 Å². The zero-order valence-electron chi connectivity index (χ0n) is 17.6. The minimum absolute atomic E-state index is 0.868. The molecule has 4 rings (SSSR count). The molecule has 2 saturated heterocycles. The molecular formula is C22H34N6. The van der Waals surface area contributed by atoms with Crippen LogP contribution in [-0.4, -0.2) is 50.8 Å². The van der Waals surface area contributed by atoms with Crippen molar-refractivity contribution in [2.45, 2.75) is 52.5 Å². The van der Waals surface area contributed by atoms with E-state index in [-0.39, 0.29) is 0 Å². The average molecular weight is 383 g/mol. The molecule has 0 aromatic carbocycles. The van der Waals surface area contributed by atoms with Crippen LogP contribution >= 0.6 is 0 Å². The number of likely N-dealkylation sites (tertiary alicyclic amines) is 1. The Bertz CT molecular complexity index is 769. The summed E-state index contributed by atoms with van der Waals surface area (Å²) >= 11 is 0. The number of anilines is 1. The third-order valence-electron chi connectivity index (χ3n) is 6.68. The molecule has 2 aliphatic heterocycles. The molecule has 0 atom stereocenters. The molecule has 0 unspecified atom stereocenters. The summed E-state index contributed by atoms with van der Waals surface area (Å²) in [6, 6.07) is 0. The Morgan fingerprint density at radius 3 is 2.29 bits per heavy atom. The van der Waals surface area contributed by atoms with Crippen LogP contribution in [-0.2, 0) is 20.0 Å². The minimum atomic E-state index is 0.868. The van der Waals surface area contributed by atoms with E-state index in [1.807, 2.05) is 24.1 Å². The first-order chi connectivity index (χ1) is 13.6. The van der Waals surface area contributed by atoms with Crippen molar-refractivity contribution in [1.82, 2.24) is 24.6 Å². The maximum Gasteiger partial charge on any atom is 0.225 e. The molecule has 0 aliphatic carbocycles. The quantitative estimate of drug-likeness (QED) is 0.795. The molecule has 0 saturated carbocycles. The van der Waals surface area contributed by atoms with Crippen molar-refractivity contribution >= 4 is 5.95 Å². The molecule has 2 aromatic rings. The fourth-order valence-electron chi connectivity index (χ4n) is 4.94. The summed E-state index contributed by atoms with van der Waals surface area (Å²) < 4.78 is 1.90. The van der Waals surface area contributed by atoms with Crippen LogP contribution in [0.1, 0.15) is 49.4 Å². The van der Waals surface area contributed by atoms with Crippen molar-refractivity contribution in [1.29, 1.82) is 0 Å². The third kappa shape index (κ3) is 4.37. The SMILES string of the molecule is CCc1nc(N2CCC(C3CCN(Cc4cnn(C)c4)CC3)CC2)ncc1C. The summed E-state index contributed by atoms with van der Waals surface area (Å²) in [5.41, 5.74) is 3.73. The lowest BCUT2D eigenvalue weighted by Gasteiger charge is -2.40. The van der Waals surface area contributed by atoms with Gasteiger partial charge in [0.25, 0.3) is 0 Å². The molecule has 0 spiro atoms. The highest BCUT2D eigenvalue weighted by Gasteiger charge is 2.30. The van der Waals surface area contributed by atoms with Crippen LogP contribution in [0.3, 0.4) is 0 Å². The van der Waals surface area contributed by atoms with Gasteiger partial charge < -0.3 is 4.90 Å². The summed E-state index contributed by atoms with van der Waals surface area (Å²) in [4.78, 5) is 14.4. The predicted octanol–water partition coefficient (Wildman–Crippen LogP) is 3.21. The first-order valence-electron chi connectivity index (χ1n) is 10.9. The predicted molar refractivity (Wildman–Crippen MR) is 112 cm³/mol. The fraction of sp³-hybridized carbons (Fsp3) is 0.682. The van der Waals surface area contributed by atoms with Gasteiger partial charge in [0.2, 0.25) is 5.95 Å². The Labute approximate surface area is 169 Å². The number of nitrogens with zero attached hydrogens (tertiary/aromatic N) is 6. The molecule has 6 nitrogen and oxygen atoms in total. The molecular weight excluding hydrogens is 348 g/mol. The maximum absolute atomic E-state index is 4.80. The fourth-order valence-corrected chi connectivity index (χ4v) is 4.94. The van der Waals surface area contributed by atoms with E-state index in [9.17, 15) is 0 Å². The van der Waals surface area contributed by atoms with Crippen LogP contribution in [0.25, 0.3) is 0 Å². The molecule has 0 N–H and O–H groups in total. The first-order valence-corrected chi connectivity index (χ1v) is 10.9. The molecule has 2 fully saturated rings. The van der Waals surface area contributed by atoms with Crippen LogP contribution < -0.4 is 4.90 Å². The van der Waals surface area contributed by atoms with E-state index in [0.29, 0.717) is 0 Å². The zero-order valence-corrected chi connectivity index (χ0v) is 17.6. The molecule has 4 heterocycles. The summed E-state index contributed by atoms with van der Waals surface area (Å²) in [7, 11) is 1.99. The lowest BCUT2D eigenvalue weighted by molar-refractivity contribution is 0.129. The van der Waals surface area contributed by atoms with Gasteiger partial charge >= 0.3 is 0 Å². The summed E-state index contributed by atoms with van der Waals surface area (Å²) in [5, 5.41) is 4.29. The number of piperidine rings is 2. The molecule has 0 bridgehead atoms. The van der Waals surface area contributed by atoms with Crippen LogP contribution in [0.5, 0.6) is 0 Å². The summed E-state index contributed by atoms with van der Waals surface area (Å²) in [6.07, 6.45) is 12.4. The average Bonchev–Trinajstić information content (AvgIpc) is 3.14. The summed E-state index contributed by atoms with van der Waals surface area (Å²) in [6.45, 7) is 9.98. The second kappa shape index (κ2) is 8.60. The molecule has 28 heavy (non-hydrogen) atoms. The van der Waals surface area contributed by atoms with Gasteiger partial charge in [-0.05, 0) is 69.5 Å². The van der Waals surface area contributed by atoms with Gasteiger partial charge in [0.15, 0.2) is 0 Å². The smallest absolute Gasteiger partial charge is 0.225 e. The van der Waals surface area contributed by atoms with Gasteiger partial charge in [0.05, 0.1) is 6.20 Å². The standard InChI is InChI=1S/C22H34N6/c1-4-21-17(2)13-23-22(25-21)28-11-7-20(8-12-28)19-5-9-27(10-6-19)16-18-14-24-26(3)15-18/h13-15,19-20H,4-12,16H2,1-3H3. The van der Waals surface area contributed by atoms with Crippen LogP contribution in [0, 0.1) is 18.8 Å². The van der Waals surface area contributed by atoms with E-state index in [1.165, 1.54) is 55.6 Å². The van der Waals surface area contributed by atoms with Gasteiger partial charge in [0.1, 0.15) is 0 Å². The minimum Gasteiger partial charge on any atom is -0.341 e. The van der Waals surface area contributed by atoms with Gasteiger partial charge in [-0.1, -0.05) is 6.92 Å². The van der Waals surface area contributed by atoms with E-state index >= 15 is 0 Å². The van der Waals surface area contributed by atoms with Crippen molar-refractivity contribution in [3.05, 3.63) is 35.4 Å². The zero-order chi connectivity index (χ0) is 19.5. The van der Waals surface area contributed by atoms with Crippen LogP contribution in [0.15, 0.2) is 18.6 Å². The number of rotatable bonds is 5. The Kier molecular flexibility index (Phi) is 5.95. The van der Waals surface area contributed by atoms with E-state index in [0.717, 1.165) is 43.8 Å². The topological polar surface area (TPSA) is 50.1 Å². The Morgan fingerprint density at radius 2 is 1.68 bits per heavy atom. The van der Waals surface area contributed by atoms with Gasteiger partial charge in [-0.15, -0.1) is 0 Å². The van der Waals surface area contributed by atoms with Gasteiger partial charge in [-0.25, -0.2) is 9.97 Å². The first kappa shape index (κ1) is 19.4. The molecule has 2 aliphatic rings. The number of hydrogen-bond donors (Lipinski definition) is 0. The lowest BCUT2D eigenvalue weighted by atomic mass is 9.79. The van der Waals surface area contributed by atoms with E-state index < -0.39 is 0 Å². The molecule has 0 amide bonds. The van der Waals surface area contributed by atoms with E-state index in [2.05, 4.69) is 39.9 Å². The lowest BCUT2D eigenvalue weighted by Crippen LogP contribution is -2.41. The van der Waals surface area contributed by atoms with Crippen LogP contribution in [0.4, 0.5) is 5.95 Å². The van der Waals surface area contributed by atoms with Crippen molar-refractivity contribution < 1.29 is 0 Å². The Balaban J connectivity index is 1.25. The van der Waals surface area contributed by atoms with Crippen molar-refractivity contribution in [3.63, 3.8) is 0 Å². The van der Waals surface area contributed by atoms with E-state index in [1.54, 1.807) is 0 Å². The normalized spacial score (nSPS) is 20.0. The Morgan fingerprint density at radius 1 is 1.00 bits per heavy atom. The van der Waals surface area contributed by atoms with Crippen LogP contribution in [0.2, 0.25) is 0 Å². The highest BCUT2D eigenvalue weighted by molar-refractivity contribution is 5.33. The van der Waals surface area contributed by atoms with Gasteiger partial charge in [-0.2, -0.15) is 5.10 Å². The van der Waals surface area contributed by atoms with Crippen molar-refractivity contribution in [2.24, 2.45) is 18.9 Å². The second-order valence-electron chi connectivity index (χ2n) is 8.61. The molecule has 6 heteroatoms. The largest absolute Gasteiger partial charge is 0.341 e. The second-order valence-corrected chi connectivity index (χ2v) is 8.61. The Hall–Kier alpha value is -1.95. The molecule has 2 aromatic heterocycles. The molecule has 152 valence electrons. The summed E-state index contributed by atoms with van der Waals surface area (Å²) in [5.74, 6) is 2.69. The highest BCUT2D eigenvalue weighted by atomic mass is 15.3. The number of aryl methyl sites for hydroxylation is 3. The third-order valence-corrected chi connectivity index (χ3v) is 6.68. The molecule has 0 radical (unpaired) electrons. The number of aromatic nitrogens is 4. The van der Waals surface area contributed by atoms with E-state index in [4.69, 9.17) is 4.98 Å². The van der Waals surface area contributed by atoms with Crippen molar-refractivity contribution in [2.75, 3.05) is 31.1 Å². The highest BCUT2D eigenvalue weighted by Crippen LogP contribution is 2.33. The van der Waals surface area contributed by atoms with Gasteiger partial charge in [0, 0.05) is 50.3 Å².